The van der Waals surface area contributed by atoms with Crippen molar-refractivity contribution in [1.82, 2.24) is 4.90 Å². The lowest BCUT2D eigenvalue weighted by Crippen LogP contribution is -2.28. The van der Waals surface area contributed by atoms with Crippen LogP contribution in [0.4, 0.5) is 0 Å². The van der Waals surface area contributed by atoms with Gasteiger partial charge in [0.15, 0.2) is 0 Å². The average molecular weight is 360 g/mol. The van der Waals surface area contributed by atoms with Crippen molar-refractivity contribution >= 4 is 5.91 Å². The number of primary amides is 1. The van der Waals surface area contributed by atoms with Gasteiger partial charge in [0, 0.05) is 25.2 Å². The summed E-state index contributed by atoms with van der Waals surface area (Å²) in [6.45, 7) is 1.90. The van der Waals surface area contributed by atoms with Gasteiger partial charge in [-0.3, -0.25) is 9.69 Å². The quantitative estimate of drug-likeness (QED) is 0.646. The largest absolute Gasteiger partial charge is 0.387 e. The number of hydrogen-bond acceptors (Lipinski definition) is 3. The van der Waals surface area contributed by atoms with Crippen molar-refractivity contribution in [3.63, 3.8) is 0 Å². The molecule has 0 aliphatic heterocycles. The number of nitrogens with two attached hydrogens (primary N) is 1. The Labute approximate surface area is 159 Å². The van der Waals surface area contributed by atoms with Crippen molar-refractivity contribution in [1.29, 1.82) is 0 Å². The number of aliphatic hydroxyl groups excluding tert-OH is 1. The second kappa shape index (κ2) is 9.12. The van der Waals surface area contributed by atoms with Crippen LogP contribution in [0, 0.1) is 0 Å². The van der Waals surface area contributed by atoms with Gasteiger partial charge in [0.1, 0.15) is 0 Å². The lowest BCUT2D eigenvalue weighted by molar-refractivity contribution is 0.100. The predicted octanol–water partition coefficient (Wildman–Crippen LogP) is 3.52. The molecule has 0 radical (unpaired) electrons. The zero-order valence-electron chi connectivity index (χ0n) is 15.2. The third kappa shape index (κ3) is 5.51. The van der Waals surface area contributed by atoms with Crippen molar-refractivity contribution in [2.24, 2.45) is 5.73 Å². The summed E-state index contributed by atoms with van der Waals surface area (Å²) in [6, 6.07) is 27.2. The standard InChI is InChI=1S/C23H24N2O2/c24-23(27)21-13-11-19(12-14-21)16-25(15-18-7-3-1-4-8-18)17-22(26)20-9-5-2-6-10-20/h1-14,22,26H,15-17H2,(H2,24,27). The van der Waals surface area contributed by atoms with Crippen LogP contribution in [0.2, 0.25) is 0 Å². The van der Waals surface area contributed by atoms with Crippen LogP contribution in [0.5, 0.6) is 0 Å². The lowest BCUT2D eigenvalue weighted by Gasteiger charge is -2.25. The minimum absolute atomic E-state index is 0.429. The zero-order valence-corrected chi connectivity index (χ0v) is 15.2. The molecule has 4 nitrogen and oxygen atoms in total. The summed E-state index contributed by atoms with van der Waals surface area (Å²) in [5, 5.41) is 10.7. The first-order chi connectivity index (χ1) is 13.1. The van der Waals surface area contributed by atoms with E-state index in [1.807, 2.05) is 60.7 Å². The van der Waals surface area contributed by atoms with Crippen molar-refractivity contribution < 1.29 is 9.90 Å². The van der Waals surface area contributed by atoms with Crippen LogP contribution in [-0.2, 0) is 13.1 Å². The SMILES string of the molecule is NC(=O)c1ccc(CN(Cc2ccccc2)CC(O)c2ccccc2)cc1. The highest BCUT2D eigenvalue weighted by Gasteiger charge is 2.15. The third-order valence-electron chi connectivity index (χ3n) is 4.51. The highest BCUT2D eigenvalue weighted by molar-refractivity contribution is 5.92. The minimum Gasteiger partial charge on any atom is -0.387 e. The molecule has 1 atom stereocenters. The number of aliphatic hydroxyl groups is 1. The van der Waals surface area contributed by atoms with E-state index in [1.54, 1.807) is 12.1 Å². The monoisotopic (exact) mass is 360 g/mol. The Hall–Kier alpha value is -2.95. The number of benzene rings is 3. The molecule has 1 unspecified atom stereocenters. The van der Waals surface area contributed by atoms with E-state index >= 15 is 0 Å². The van der Waals surface area contributed by atoms with Crippen LogP contribution in [0.15, 0.2) is 84.9 Å². The second-order valence-corrected chi connectivity index (χ2v) is 6.64. The van der Waals surface area contributed by atoms with Gasteiger partial charge in [-0.15, -0.1) is 0 Å². The fourth-order valence-electron chi connectivity index (χ4n) is 3.08. The van der Waals surface area contributed by atoms with E-state index in [0.29, 0.717) is 18.7 Å². The van der Waals surface area contributed by atoms with Crippen molar-refractivity contribution in [2.75, 3.05) is 6.54 Å². The van der Waals surface area contributed by atoms with Gasteiger partial charge in [0.05, 0.1) is 6.10 Å². The van der Waals surface area contributed by atoms with Crippen molar-refractivity contribution in [3.8, 4) is 0 Å². The van der Waals surface area contributed by atoms with E-state index in [-0.39, 0.29) is 0 Å². The fourth-order valence-corrected chi connectivity index (χ4v) is 3.08. The third-order valence-corrected chi connectivity index (χ3v) is 4.51. The van der Waals surface area contributed by atoms with E-state index in [9.17, 15) is 9.90 Å². The van der Waals surface area contributed by atoms with Gasteiger partial charge >= 0.3 is 0 Å². The van der Waals surface area contributed by atoms with E-state index in [4.69, 9.17) is 5.73 Å². The number of carbonyl (C=O) groups excluding carboxylic acids is 1. The molecule has 0 spiro atoms. The molecule has 3 rings (SSSR count). The summed E-state index contributed by atoms with van der Waals surface area (Å²) >= 11 is 0. The van der Waals surface area contributed by atoms with E-state index in [0.717, 1.165) is 17.7 Å². The number of carbonyl (C=O) groups is 1. The fraction of sp³-hybridized carbons (Fsp3) is 0.174. The molecule has 0 aliphatic rings. The summed E-state index contributed by atoms with van der Waals surface area (Å²) in [5.74, 6) is -0.429. The molecule has 27 heavy (non-hydrogen) atoms. The normalized spacial score (nSPS) is 12.1. The van der Waals surface area contributed by atoms with Crippen molar-refractivity contribution in [3.05, 3.63) is 107 Å². The molecule has 0 saturated carbocycles. The minimum atomic E-state index is -0.570. The van der Waals surface area contributed by atoms with Gasteiger partial charge in [-0.25, -0.2) is 0 Å². The Morgan fingerprint density at radius 1 is 0.815 bits per heavy atom. The van der Waals surface area contributed by atoms with Gasteiger partial charge in [-0.1, -0.05) is 72.8 Å². The maximum Gasteiger partial charge on any atom is 0.248 e. The Bertz CT molecular complexity index is 849. The Balaban J connectivity index is 1.75. The molecular formula is C23H24N2O2. The smallest absolute Gasteiger partial charge is 0.248 e. The molecule has 1 amide bonds. The molecule has 4 heteroatoms. The van der Waals surface area contributed by atoms with Crippen molar-refractivity contribution in [2.45, 2.75) is 19.2 Å². The van der Waals surface area contributed by atoms with E-state index in [1.165, 1.54) is 5.56 Å². The highest BCUT2D eigenvalue weighted by Crippen LogP contribution is 2.18. The molecule has 0 heterocycles. The molecule has 3 aromatic carbocycles. The summed E-state index contributed by atoms with van der Waals surface area (Å²) in [4.78, 5) is 13.5. The van der Waals surface area contributed by atoms with E-state index in [2.05, 4.69) is 17.0 Å². The first kappa shape index (κ1) is 18.8. The van der Waals surface area contributed by atoms with Gasteiger partial charge in [-0.05, 0) is 28.8 Å². The molecule has 0 saturated heterocycles. The second-order valence-electron chi connectivity index (χ2n) is 6.64. The van der Waals surface area contributed by atoms with Gasteiger partial charge in [-0.2, -0.15) is 0 Å². The highest BCUT2D eigenvalue weighted by atomic mass is 16.3. The topological polar surface area (TPSA) is 66.6 Å². The Morgan fingerprint density at radius 3 is 1.89 bits per heavy atom. The van der Waals surface area contributed by atoms with Gasteiger partial charge in [0.25, 0.3) is 0 Å². The number of rotatable bonds is 8. The summed E-state index contributed by atoms with van der Waals surface area (Å²) in [6.07, 6.45) is -0.570. The predicted molar refractivity (Wildman–Crippen MR) is 107 cm³/mol. The molecular weight excluding hydrogens is 336 g/mol. The zero-order chi connectivity index (χ0) is 19.1. The first-order valence-corrected chi connectivity index (χ1v) is 9.00. The van der Waals surface area contributed by atoms with Crippen LogP contribution in [0.1, 0.15) is 33.2 Å². The molecule has 3 aromatic rings. The summed E-state index contributed by atoms with van der Waals surface area (Å²) in [7, 11) is 0. The van der Waals surface area contributed by atoms with Crippen LogP contribution in [0.25, 0.3) is 0 Å². The Kier molecular flexibility index (Phi) is 6.36. The number of hydrogen-bond donors (Lipinski definition) is 2. The van der Waals surface area contributed by atoms with Gasteiger partial charge in [0.2, 0.25) is 5.91 Å². The lowest BCUT2D eigenvalue weighted by atomic mass is 10.1. The average Bonchev–Trinajstić information content (AvgIpc) is 2.70. The maximum atomic E-state index is 11.3. The molecule has 3 N–H and O–H groups in total. The Morgan fingerprint density at radius 2 is 1.33 bits per heavy atom. The van der Waals surface area contributed by atoms with Crippen LogP contribution in [0.3, 0.4) is 0 Å². The maximum absolute atomic E-state index is 11.3. The summed E-state index contributed by atoms with van der Waals surface area (Å²) < 4.78 is 0. The van der Waals surface area contributed by atoms with Crippen LogP contribution in [-0.4, -0.2) is 22.5 Å². The van der Waals surface area contributed by atoms with Crippen LogP contribution >= 0.6 is 0 Å². The molecule has 0 aromatic heterocycles. The molecule has 0 aliphatic carbocycles. The molecule has 138 valence electrons. The van der Waals surface area contributed by atoms with E-state index < -0.39 is 12.0 Å². The number of nitrogens with zero attached hydrogens (tertiary/aromatic N) is 1. The number of amides is 1. The first-order valence-electron chi connectivity index (χ1n) is 9.00. The molecule has 0 fully saturated rings. The molecule has 0 bridgehead atoms. The van der Waals surface area contributed by atoms with Gasteiger partial charge < -0.3 is 10.8 Å². The van der Waals surface area contributed by atoms with Crippen LogP contribution < -0.4 is 5.73 Å². The summed E-state index contributed by atoms with van der Waals surface area (Å²) in [5.41, 5.74) is 8.97.